The van der Waals surface area contributed by atoms with E-state index in [9.17, 15) is 4.79 Å². The normalized spacial score (nSPS) is 15.2. The van der Waals surface area contributed by atoms with Gasteiger partial charge in [0, 0.05) is 36.7 Å². The molecule has 9 heteroatoms. The van der Waals surface area contributed by atoms with Crippen molar-refractivity contribution in [2.75, 3.05) is 24.5 Å². The van der Waals surface area contributed by atoms with Crippen LogP contribution in [0.2, 0.25) is 0 Å². The van der Waals surface area contributed by atoms with Crippen LogP contribution in [0.3, 0.4) is 0 Å². The number of aryl methyl sites for hydroxylation is 1. The summed E-state index contributed by atoms with van der Waals surface area (Å²) in [7, 11) is 0. The molecule has 1 aliphatic rings. The third kappa shape index (κ3) is 3.36. The van der Waals surface area contributed by atoms with Gasteiger partial charge in [-0.05, 0) is 25.1 Å². The van der Waals surface area contributed by atoms with E-state index in [4.69, 9.17) is 0 Å². The van der Waals surface area contributed by atoms with E-state index in [2.05, 4.69) is 56.5 Å². The fourth-order valence-corrected chi connectivity index (χ4v) is 3.09. The maximum atomic E-state index is 12.3. The highest BCUT2D eigenvalue weighted by Gasteiger charge is 2.29. The Bertz CT molecular complexity index is 977. The van der Waals surface area contributed by atoms with Gasteiger partial charge in [0.05, 0.1) is 0 Å². The largest absolute Gasteiger partial charge is 0.354 e. The molecule has 0 radical (unpaired) electrons. The van der Waals surface area contributed by atoms with Gasteiger partial charge in [-0.3, -0.25) is 9.89 Å². The van der Waals surface area contributed by atoms with Crippen molar-refractivity contribution < 1.29 is 4.79 Å². The lowest BCUT2D eigenvalue weighted by atomic mass is 9.92. The van der Waals surface area contributed by atoms with E-state index in [-0.39, 0.29) is 11.3 Å². The van der Waals surface area contributed by atoms with E-state index >= 15 is 0 Å². The molecule has 3 aromatic heterocycles. The molecule has 0 bridgehead atoms. The van der Waals surface area contributed by atoms with E-state index in [0.29, 0.717) is 18.2 Å². The molecular formula is C18H24N8O. The van der Waals surface area contributed by atoms with Gasteiger partial charge in [-0.25, -0.2) is 0 Å². The van der Waals surface area contributed by atoms with E-state index < -0.39 is 0 Å². The van der Waals surface area contributed by atoms with Gasteiger partial charge in [0.1, 0.15) is 11.5 Å². The maximum Gasteiger partial charge on any atom is 0.271 e. The van der Waals surface area contributed by atoms with Gasteiger partial charge in [0.25, 0.3) is 5.91 Å². The predicted octanol–water partition coefficient (Wildman–Crippen LogP) is 1.32. The summed E-state index contributed by atoms with van der Waals surface area (Å²) in [4.78, 5) is 14.5. The lowest BCUT2D eigenvalue weighted by Crippen LogP contribution is -2.52. The quantitative estimate of drug-likeness (QED) is 0.720. The monoisotopic (exact) mass is 368 g/mol. The summed E-state index contributed by atoms with van der Waals surface area (Å²) in [5.74, 6) is 1.93. The van der Waals surface area contributed by atoms with Crippen molar-refractivity contribution in [3.63, 3.8) is 0 Å². The second-order valence-corrected chi connectivity index (χ2v) is 8.11. The number of nitrogens with one attached hydrogen (secondary N) is 2. The molecule has 27 heavy (non-hydrogen) atoms. The molecule has 2 N–H and O–H groups in total. The summed E-state index contributed by atoms with van der Waals surface area (Å²) in [6.45, 7) is 10.5. The Morgan fingerprint density at radius 2 is 2.07 bits per heavy atom. The topological polar surface area (TPSA) is 104 Å². The number of H-pyrrole nitrogens is 1. The van der Waals surface area contributed by atoms with Crippen molar-refractivity contribution >= 4 is 17.4 Å². The number of rotatable bonds is 4. The van der Waals surface area contributed by atoms with E-state index in [1.807, 2.05) is 25.1 Å². The van der Waals surface area contributed by atoms with Crippen LogP contribution in [0.5, 0.6) is 0 Å². The van der Waals surface area contributed by atoms with Gasteiger partial charge in [0.2, 0.25) is 0 Å². The van der Waals surface area contributed by atoms with Crippen molar-refractivity contribution in [3.8, 4) is 0 Å². The average molecular weight is 368 g/mol. The Hall–Kier alpha value is -2.97. The van der Waals surface area contributed by atoms with Crippen LogP contribution < -0.4 is 10.2 Å². The number of aromatic amines is 1. The molecule has 0 aromatic carbocycles. The Morgan fingerprint density at radius 1 is 1.30 bits per heavy atom. The second-order valence-electron chi connectivity index (χ2n) is 8.11. The summed E-state index contributed by atoms with van der Waals surface area (Å²) in [5, 5.41) is 22.7. The highest BCUT2D eigenvalue weighted by molar-refractivity contribution is 5.92. The first-order chi connectivity index (χ1) is 12.8. The molecule has 1 saturated heterocycles. The third-order valence-corrected chi connectivity index (χ3v) is 4.86. The van der Waals surface area contributed by atoms with Crippen LogP contribution in [0, 0.1) is 12.8 Å². The number of aromatic nitrogens is 6. The van der Waals surface area contributed by atoms with Gasteiger partial charge in [-0.2, -0.15) is 9.61 Å². The Kier molecular flexibility index (Phi) is 4.09. The summed E-state index contributed by atoms with van der Waals surface area (Å²) in [5.41, 5.74) is 2.07. The van der Waals surface area contributed by atoms with E-state index in [1.54, 1.807) is 4.52 Å². The molecule has 0 unspecified atom stereocenters. The van der Waals surface area contributed by atoms with E-state index in [1.165, 1.54) is 0 Å². The van der Waals surface area contributed by atoms with Crippen molar-refractivity contribution in [2.24, 2.45) is 5.92 Å². The van der Waals surface area contributed by atoms with Gasteiger partial charge in [0.15, 0.2) is 11.5 Å². The van der Waals surface area contributed by atoms with E-state index in [0.717, 1.165) is 36.1 Å². The van der Waals surface area contributed by atoms with Crippen molar-refractivity contribution in [2.45, 2.75) is 33.1 Å². The summed E-state index contributed by atoms with van der Waals surface area (Å²) >= 11 is 0. The average Bonchev–Trinajstić information content (AvgIpc) is 3.21. The number of hydrogen-bond acceptors (Lipinski definition) is 6. The zero-order valence-corrected chi connectivity index (χ0v) is 16.0. The summed E-state index contributed by atoms with van der Waals surface area (Å²) < 4.78 is 1.74. The Balaban J connectivity index is 1.30. The number of hydrogen-bond donors (Lipinski definition) is 2. The number of amides is 1. The molecule has 142 valence electrons. The Labute approximate surface area is 157 Å². The fraction of sp³-hybridized carbons (Fsp3) is 0.500. The molecule has 1 aliphatic heterocycles. The lowest BCUT2D eigenvalue weighted by molar-refractivity contribution is 0.0939. The maximum absolute atomic E-state index is 12.3. The van der Waals surface area contributed by atoms with Crippen LogP contribution in [0.4, 0.5) is 5.82 Å². The molecule has 4 rings (SSSR count). The minimum absolute atomic E-state index is 0.0583. The minimum Gasteiger partial charge on any atom is -0.354 e. The molecule has 0 aliphatic carbocycles. The SMILES string of the molecule is Cc1nnc2ccc(N3CC(CNC(=O)c4cc(C(C)(C)C)[nH]n4)C3)nn12. The van der Waals surface area contributed by atoms with Crippen LogP contribution in [-0.2, 0) is 5.41 Å². The number of carbonyl (C=O) groups is 1. The zero-order valence-electron chi connectivity index (χ0n) is 16.0. The standard InChI is InChI=1S/C18H24N8O/c1-11-20-23-15-5-6-16(24-26(11)15)25-9-12(10-25)8-19-17(27)13-7-14(22-21-13)18(2,3)4/h5-7,12H,8-10H2,1-4H3,(H,19,27)(H,21,22). The number of anilines is 1. The second kappa shape index (κ2) is 6.33. The first-order valence-corrected chi connectivity index (χ1v) is 9.09. The summed E-state index contributed by atoms with van der Waals surface area (Å²) in [6.07, 6.45) is 0. The van der Waals surface area contributed by atoms with Crippen LogP contribution >= 0.6 is 0 Å². The smallest absolute Gasteiger partial charge is 0.271 e. The Morgan fingerprint density at radius 3 is 2.78 bits per heavy atom. The van der Waals surface area contributed by atoms with Gasteiger partial charge in [-0.15, -0.1) is 15.3 Å². The molecule has 9 nitrogen and oxygen atoms in total. The number of nitrogens with zero attached hydrogens (tertiary/aromatic N) is 6. The minimum atomic E-state index is -0.139. The highest BCUT2D eigenvalue weighted by atomic mass is 16.1. The molecular weight excluding hydrogens is 344 g/mol. The predicted molar refractivity (Wildman–Crippen MR) is 101 cm³/mol. The van der Waals surface area contributed by atoms with Crippen molar-refractivity contribution in [1.82, 2.24) is 35.3 Å². The van der Waals surface area contributed by atoms with Crippen LogP contribution in [0.25, 0.3) is 5.65 Å². The summed E-state index contributed by atoms with van der Waals surface area (Å²) in [6, 6.07) is 5.70. The molecule has 0 saturated carbocycles. The molecule has 1 amide bonds. The molecule has 0 atom stereocenters. The van der Waals surface area contributed by atoms with Gasteiger partial charge in [-0.1, -0.05) is 20.8 Å². The van der Waals surface area contributed by atoms with Crippen LogP contribution in [-0.4, -0.2) is 55.6 Å². The first kappa shape index (κ1) is 17.4. The highest BCUT2D eigenvalue weighted by Crippen LogP contribution is 2.23. The molecule has 0 spiro atoms. The number of carbonyl (C=O) groups excluding carboxylic acids is 1. The van der Waals surface area contributed by atoms with Crippen molar-refractivity contribution in [3.05, 3.63) is 35.4 Å². The third-order valence-electron chi connectivity index (χ3n) is 4.86. The molecule has 1 fully saturated rings. The fourth-order valence-electron chi connectivity index (χ4n) is 3.09. The van der Waals surface area contributed by atoms with Crippen molar-refractivity contribution in [1.29, 1.82) is 0 Å². The zero-order chi connectivity index (χ0) is 19.2. The molecule has 4 heterocycles. The van der Waals surface area contributed by atoms with Crippen LogP contribution in [0.15, 0.2) is 18.2 Å². The number of fused-ring (bicyclic) bond motifs is 1. The van der Waals surface area contributed by atoms with Gasteiger partial charge >= 0.3 is 0 Å². The molecule has 3 aromatic rings. The van der Waals surface area contributed by atoms with Crippen LogP contribution in [0.1, 0.15) is 42.8 Å². The first-order valence-electron chi connectivity index (χ1n) is 9.09. The van der Waals surface area contributed by atoms with Gasteiger partial charge < -0.3 is 10.2 Å². The lowest BCUT2D eigenvalue weighted by Gasteiger charge is -2.40.